The average molecular weight is 946 g/mol. The number of anilines is 5. The molecule has 9 N–H and O–H groups in total. The van der Waals surface area contributed by atoms with Crippen LogP contribution in [0.4, 0.5) is 28.4 Å². The van der Waals surface area contributed by atoms with Crippen LogP contribution in [-0.4, -0.2) is 89.3 Å². The molecule has 20 heteroatoms. The number of aromatic amines is 1. The predicted molar refractivity (Wildman–Crippen MR) is 239 cm³/mol. The maximum atomic E-state index is 13.3. The van der Waals surface area contributed by atoms with Crippen molar-refractivity contribution in [3.63, 3.8) is 0 Å². The number of H-pyrrole nitrogens is 1. The van der Waals surface area contributed by atoms with Crippen LogP contribution in [0.15, 0.2) is 79.3 Å². The number of aromatic nitrogens is 5. The Kier molecular flexibility index (Phi) is 13.5. The smallest absolute Gasteiger partial charge is 0.291 e. The molecule has 18 nitrogen and oxygen atoms in total. The van der Waals surface area contributed by atoms with Crippen LogP contribution in [0.1, 0.15) is 58.9 Å². The van der Waals surface area contributed by atoms with Crippen molar-refractivity contribution < 1.29 is 24.0 Å². The number of carbonyl (C=O) groups is 5. The summed E-state index contributed by atoms with van der Waals surface area (Å²) < 4.78 is 4.67. The molecule has 0 unspecified atom stereocenters. The van der Waals surface area contributed by atoms with Crippen LogP contribution < -0.4 is 37.2 Å². The number of hydrogen-bond acceptors (Lipinski definition) is 8. The van der Waals surface area contributed by atoms with Crippen molar-refractivity contribution in [1.82, 2.24) is 29.0 Å². The molecule has 0 saturated heterocycles. The zero-order valence-electron chi connectivity index (χ0n) is 32.9. The quantitative estimate of drug-likeness (QED) is 0.0341. The summed E-state index contributed by atoms with van der Waals surface area (Å²) in [5.41, 5.74) is 10.3. The summed E-state index contributed by atoms with van der Waals surface area (Å²) in [5, 5.41) is 22.8. The topological polar surface area (TPSA) is 242 Å². The molecule has 0 spiro atoms. The zero-order valence-corrected chi connectivity index (χ0v) is 36.0. The van der Waals surface area contributed by atoms with Crippen LogP contribution in [0, 0.1) is 5.41 Å². The van der Waals surface area contributed by atoms with Crippen molar-refractivity contribution in [3.8, 4) is 0 Å². The Morgan fingerprint density at radius 2 is 1.18 bits per heavy atom. The van der Waals surface area contributed by atoms with Gasteiger partial charge in [-0.15, -0.1) is 0 Å². The third-order valence-corrected chi connectivity index (χ3v) is 10.0. The van der Waals surface area contributed by atoms with Crippen molar-refractivity contribution >= 4 is 107 Å². The number of nitrogens with one attached hydrogen (secondary N) is 7. The lowest BCUT2D eigenvalue weighted by atomic mass is 10.1. The molecule has 60 heavy (non-hydrogen) atoms. The molecule has 0 atom stereocenters. The molecule has 0 aliphatic carbocycles. The summed E-state index contributed by atoms with van der Waals surface area (Å²) in [5.74, 6) is -2.16. The zero-order chi connectivity index (χ0) is 43.1. The van der Waals surface area contributed by atoms with Gasteiger partial charge in [-0.3, -0.25) is 29.4 Å². The molecule has 0 bridgehead atoms. The van der Waals surface area contributed by atoms with E-state index in [4.69, 9.17) is 11.1 Å². The molecule has 6 rings (SSSR count). The second-order valence-corrected chi connectivity index (χ2v) is 15.3. The number of nitrogens with zero attached hydrogens (tertiary/aromatic N) is 5. The molecule has 312 valence electrons. The first-order valence-electron chi connectivity index (χ1n) is 18.5. The highest BCUT2D eigenvalue weighted by Crippen LogP contribution is 2.23. The predicted octanol–water partition coefficient (Wildman–Crippen LogP) is 5.24. The Hall–Kier alpha value is -6.67. The molecule has 6 aromatic rings. The first-order valence-corrected chi connectivity index (χ1v) is 20.8. The molecule has 5 amide bonds. The van der Waals surface area contributed by atoms with Gasteiger partial charge in [-0.25, -0.2) is 4.98 Å². The number of benzene rings is 2. The lowest BCUT2D eigenvalue weighted by Gasteiger charge is -2.23. The Labute approximate surface area is 361 Å². The fourth-order valence-electron chi connectivity index (χ4n) is 6.35. The highest BCUT2D eigenvalue weighted by molar-refractivity contribution is 9.09. The Bertz CT molecular complexity index is 2580. The largest absolute Gasteiger partial charge is 0.388 e. The Morgan fingerprint density at radius 1 is 0.683 bits per heavy atom. The minimum absolute atomic E-state index is 0.0326. The van der Waals surface area contributed by atoms with E-state index in [2.05, 4.69) is 73.3 Å². The minimum atomic E-state index is -0.541. The number of hydrogen-bond donors (Lipinski definition) is 8. The van der Waals surface area contributed by atoms with Crippen molar-refractivity contribution in [1.29, 1.82) is 5.41 Å². The molecular weight excluding hydrogens is 902 g/mol. The number of nitrogens with two attached hydrogens (primary N) is 1. The molecule has 4 aromatic heterocycles. The van der Waals surface area contributed by atoms with E-state index in [1.165, 1.54) is 18.2 Å². The van der Waals surface area contributed by atoms with Crippen LogP contribution in [0.25, 0.3) is 11.0 Å². The number of rotatable bonds is 17. The third kappa shape index (κ3) is 10.3. The fraction of sp³-hybridized carbons (Fsp3) is 0.225. The Balaban J connectivity index is 1.04. The average Bonchev–Trinajstić information content (AvgIpc) is 3.99. The molecule has 0 saturated carbocycles. The number of amidine groups is 1. The van der Waals surface area contributed by atoms with Gasteiger partial charge in [-0.05, 0) is 60.7 Å². The van der Waals surface area contributed by atoms with Crippen molar-refractivity contribution in [3.05, 3.63) is 108 Å². The standard InChI is InChI=1S/C40H43Br2N13O5/c1-52-20-25(17-31(52)37(57)45-13-10-34(43)44)47-38(58)32-18-26(21-53(32)2)48-39(59)33-19-27(22-54(33)3)49-40(60)35-50-29-9-6-24(16-30(29)51-35)46-36(56)23-4-7-28(8-5-23)55(14-11-41)15-12-42/h4-9,16-22H,10-15H2,1-3H3,(H3,43,44)(H,45,57)(H,46,56)(H,47,58)(H,48,59)(H,49,60)(H,50,51). The van der Waals surface area contributed by atoms with Crippen LogP contribution in [0.3, 0.4) is 0 Å². The fourth-order valence-corrected chi connectivity index (χ4v) is 7.21. The number of fused-ring (bicyclic) bond motifs is 1. The van der Waals surface area contributed by atoms with E-state index in [0.29, 0.717) is 45.0 Å². The van der Waals surface area contributed by atoms with E-state index in [-0.39, 0.29) is 47.8 Å². The van der Waals surface area contributed by atoms with E-state index in [0.717, 1.165) is 29.4 Å². The lowest BCUT2D eigenvalue weighted by molar-refractivity contribution is 0.0944. The van der Waals surface area contributed by atoms with Gasteiger partial charge in [0.1, 0.15) is 17.1 Å². The first kappa shape index (κ1) is 42.9. The maximum absolute atomic E-state index is 13.3. The Morgan fingerprint density at radius 3 is 1.70 bits per heavy atom. The van der Waals surface area contributed by atoms with Gasteiger partial charge in [0.25, 0.3) is 29.5 Å². The molecule has 0 fully saturated rings. The number of alkyl halides is 2. The third-order valence-electron chi connectivity index (χ3n) is 9.33. The van der Waals surface area contributed by atoms with Gasteiger partial charge in [0, 0.05) is 93.4 Å². The van der Waals surface area contributed by atoms with Gasteiger partial charge in [0.05, 0.1) is 33.9 Å². The van der Waals surface area contributed by atoms with Crippen molar-refractivity contribution in [2.75, 3.05) is 56.5 Å². The number of carbonyl (C=O) groups excluding carboxylic acids is 5. The molecule has 0 aliphatic heterocycles. The SMILES string of the molecule is Cn1cc(NC(=O)c2cc(NC(=O)c3cc(NC(=O)c4nc5cc(NC(=O)c6ccc(N(CCBr)CCBr)cc6)ccc5[nH]4)cn3C)cn2C)cc1C(=O)NCCC(=N)N. The summed E-state index contributed by atoms with van der Waals surface area (Å²) in [6.45, 7) is 1.88. The summed E-state index contributed by atoms with van der Waals surface area (Å²) in [4.78, 5) is 75.0. The highest BCUT2D eigenvalue weighted by atomic mass is 79.9. The van der Waals surface area contributed by atoms with E-state index < -0.39 is 17.7 Å². The van der Waals surface area contributed by atoms with Crippen LogP contribution in [0.2, 0.25) is 0 Å². The van der Waals surface area contributed by atoms with Crippen LogP contribution >= 0.6 is 31.9 Å². The van der Waals surface area contributed by atoms with Gasteiger partial charge >= 0.3 is 0 Å². The number of halogens is 2. The van der Waals surface area contributed by atoms with Crippen LogP contribution in [-0.2, 0) is 21.1 Å². The van der Waals surface area contributed by atoms with E-state index >= 15 is 0 Å². The van der Waals surface area contributed by atoms with Gasteiger partial charge in [-0.1, -0.05) is 31.9 Å². The number of aryl methyl sites for hydroxylation is 3. The second kappa shape index (κ2) is 18.9. The maximum Gasteiger partial charge on any atom is 0.291 e. The van der Waals surface area contributed by atoms with E-state index in [1.807, 2.05) is 12.1 Å². The van der Waals surface area contributed by atoms with Gasteiger partial charge < -0.3 is 55.9 Å². The summed E-state index contributed by atoms with van der Waals surface area (Å²) in [6, 6.07) is 17.1. The molecule has 4 heterocycles. The summed E-state index contributed by atoms with van der Waals surface area (Å²) in [6.07, 6.45) is 4.98. The van der Waals surface area contributed by atoms with Crippen LogP contribution in [0.5, 0.6) is 0 Å². The first-order chi connectivity index (χ1) is 28.7. The monoisotopic (exact) mass is 943 g/mol. The molecule has 2 aromatic carbocycles. The number of amides is 5. The van der Waals surface area contributed by atoms with Crippen molar-refractivity contribution in [2.45, 2.75) is 6.42 Å². The number of imidazole rings is 1. The summed E-state index contributed by atoms with van der Waals surface area (Å²) >= 11 is 6.97. The van der Waals surface area contributed by atoms with E-state index in [9.17, 15) is 24.0 Å². The summed E-state index contributed by atoms with van der Waals surface area (Å²) in [7, 11) is 4.97. The highest BCUT2D eigenvalue weighted by Gasteiger charge is 2.20. The molecular formula is C40H43Br2N13O5. The molecule has 0 aliphatic rings. The minimum Gasteiger partial charge on any atom is -0.388 e. The van der Waals surface area contributed by atoms with Crippen molar-refractivity contribution in [2.24, 2.45) is 26.9 Å². The normalized spacial score (nSPS) is 10.9. The second-order valence-electron chi connectivity index (χ2n) is 13.8. The van der Waals surface area contributed by atoms with Gasteiger partial charge in [0.2, 0.25) is 0 Å². The van der Waals surface area contributed by atoms with Gasteiger partial charge in [0.15, 0.2) is 5.82 Å². The van der Waals surface area contributed by atoms with E-state index in [1.54, 1.807) is 83.8 Å². The molecule has 0 radical (unpaired) electrons. The lowest BCUT2D eigenvalue weighted by Crippen LogP contribution is -2.28. The van der Waals surface area contributed by atoms with Gasteiger partial charge in [-0.2, -0.15) is 0 Å².